The van der Waals surface area contributed by atoms with Crippen molar-refractivity contribution in [2.75, 3.05) is 13.2 Å². The van der Waals surface area contributed by atoms with Crippen LogP contribution in [0.25, 0.3) is 0 Å². The second-order valence-corrected chi connectivity index (χ2v) is 3.82. The van der Waals surface area contributed by atoms with Gasteiger partial charge < -0.3 is 15.8 Å². The summed E-state index contributed by atoms with van der Waals surface area (Å²) in [5.74, 6) is 0.497. The first-order valence-electron chi connectivity index (χ1n) is 5.01. The second kappa shape index (κ2) is 6.35. The highest BCUT2D eigenvalue weighted by Gasteiger charge is 2.05. The second-order valence-electron chi connectivity index (χ2n) is 3.39. The van der Waals surface area contributed by atoms with Crippen LogP contribution in [0.1, 0.15) is 6.92 Å². The highest BCUT2D eigenvalue weighted by atomic mass is 35.5. The van der Waals surface area contributed by atoms with E-state index in [-0.39, 0.29) is 5.91 Å². The quantitative estimate of drug-likeness (QED) is 0.763. The molecule has 1 unspecified atom stereocenters. The maximum Gasteiger partial charge on any atom is 0.236 e. The van der Waals surface area contributed by atoms with Crippen LogP contribution in [0.2, 0.25) is 5.02 Å². The molecule has 0 saturated carbocycles. The summed E-state index contributed by atoms with van der Waals surface area (Å²) in [5.41, 5.74) is 5.38. The van der Waals surface area contributed by atoms with E-state index in [2.05, 4.69) is 5.32 Å². The smallest absolute Gasteiger partial charge is 0.236 e. The number of amides is 1. The number of halogens is 1. The number of ether oxygens (including phenoxy) is 1. The first kappa shape index (κ1) is 12.8. The Balaban J connectivity index is 2.23. The van der Waals surface area contributed by atoms with E-state index in [0.29, 0.717) is 23.9 Å². The SMILES string of the molecule is CC(N)C(=O)NCCOc1cccc(Cl)c1. The van der Waals surface area contributed by atoms with Gasteiger partial charge in [0.1, 0.15) is 12.4 Å². The van der Waals surface area contributed by atoms with Crippen molar-refractivity contribution in [2.24, 2.45) is 5.73 Å². The van der Waals surface area contributed by atoms with Gasteiger partial charge in [0.05, 0.1) is 12.6 Å². The number of benzene rings is 1. The van der Waals surface area contributed by atoms with Crippen LogP contribution in [0.4, 0.5) is 0 Å². The summed E-state index contributed by atoms with van der Waals surface area (Å²) in [4.78, 5) is 11.1. The average molecular weight is 243 g/mol. The molecule has 1 aromatic carbocycles. The van der Waals surface area contributed by atoms with Crippen molar-refractivity contribution in [3.8, 4) is 5.75 Å². The van der Waals surface area contributed by atoms with Gasteiger partial charge in [-0.3, -0.25) is 4.79 Å². The Morgan fingerprint density at radius 1 is 1.62 bits per heavy atom. The molecule has 1 atom stereocenters. The van der Waals surface area contributed by atoms with E-state index in [0.717, 1.165) is 0 Å². The van der Waals surface area contributed by atoms with E-state index in [1.54, 1.807) is 31.2 Å². The molecule has 0 aliphatic heterocycles. The molecule has 3 N–H and O–H groups in total. The van der Waals surface area contributed by atoms with E-state index in [1.807, 2.05) is 0 Å². The van der Waals surface area contributed by atoms with Crippen LogP contribution in [0, 0.1) is 0 Å². The molecule has 0 bridgehead atoms. The van der Waals surface area contributed by atoms with Gasteiger partial charge in [0.15, 0.2) is 0 Å². The summed E-state index contributed by atoms with van der Waals surface area (Å²) in [6.45, 7) is 2.44. The van der Waals surface area contributed by atoms with E-state index >= 15 is 0 Å². The summed E-state index contributed by atoms with van der Waals surface area (Å²) in [6.07, 6.45) is 0. The number of nitrogens with one attached hydrogen (secondary N) is 1. The topological polar surface area (TPSA) is 64.4 Å². The molecule has 4 nitrogen and oxygen atoms in total. The van der Waals surface area contributed by atoms with E-state index in [9.17, 15) is 4.79 Å². The Morgan fingerprint density at radius 3 is 3.00 bits per heavy atom. The normalized spacial score (nSPS) is 11.9. The molecule has 0 aliphatic rings. The Hall–Kier alpha value is -1.26. The summed E-state index contributed by atoms with van der Waals surface area (Å²) in [5, 5.41) is 3.27. The first-order chi connectivity index (χ1) is 7.59. The number of hydrogen-bond donors (Lipinski definition) is 2. The number of carbonyl (C=O) groups excluding carboxylic acids is 1. The third kappa shape index (κ3) is 4.51. The lowest BCUT2D eigenvalue weighted by Crippen LogP contribution is -2.40. The van der Waals surface area contributed by atoms with Crippen LogP contribution in [-0.4, -0.2) is 25.1 Å². The summed E-state index contributed by atoms with van der Waals surface area (Å²) >= 11 is 5.78. The fraction of sp³-hybridized carbons (Fsp3) is 0.364. The van der Waals surface area contributed by atoms with Crippen LogP contribution < -0.4 is 15.8 Å². The van der Waals surface area contributed by atoms with Crippen LogP contribution in [0.3, 0.4) is 0 Å². The monoisotopic (exact) mass is 242 g/mol. The van der Waals surface area contributed by atoms with Crippen molar-refractivity contribution in [3.05, 3.63) is 29.3 Å². The lowest BCUT2D eigenvalue weighted by atomic mass is 10.3. The van der Waals surface area contributed by atoms with Crippen LogP contribution in [0.15, 0.2) is 24.3 Å². The first-order valence-corrected chi connectivity index (χ1v) is 5.39. The number of hydrogen-bond acceptors (Lipinski definition) is 3. The minimum atomic E-state index is -0.494. The van der Waals surface area contributed by atoms with Gasteiger partial charge in [0.2, 0.25) is 5.91 Å². The van der Waals surface area contributed by atoms with Gasteiger partial charge in [0.25, 0.3) is 0 Å². The molecule has 1 aromatic rings. The predicted molar refractivity (Wildman–Crippen MR) is 63.6 cm³/mol. The molecule has 0 fully saturated rings. The van der Waals surface area contributed by atoms with E-state index < -0.39 is 6.04 Å². The molecule has 0 radical (unpaired) electrons. The zero-order valence-electron chi connectivity index (χ0n) is 9.07. The lowest BCUT2D eigenvalue weighted by Gasteiger charge is -2.09. The Bertz CT molecular complexity index is 356. The highest BCUT2D eigenvalue weighted by Crippen LogP contribution is 2.16. The molecular weight excluding hydrogens is 228 g/mol. The molecule has 1 rings (SSSR count). The Kier molecular flexibility index (Phi) is 5.08. The van der Waals surface area contributed by atoms with Gasteiger partial charge >= 0.3 is 0 Å². The Morgan fingerprint density at radius 2 is 2.38 bits per heavy atom. The highest BCUT2D eigenvalue weighted by molar-refractivity contribution is 6.30. The van der Waals surface area contributed by atoms with Crippen molar-refractivity contribution < 1.29 is 9.53 Å². The molecular formula is C11H15ClN2O2. The fourth-order valence-electron chi connectivity index (χ4n) is 1.06. The van der Waals surface area contributed by atoms with Gasteiger partial charge in [-0.05, 0) is 25.1 Å². The van der Waals surface area contributed by atoms with Crippen molar-refractivity contribution in [2.45, 2.75) is 13.0 Å². The minimum Gasteiger partial charge on any atom is -0.492 e. The van der Waals surface area contributed by atoms with Crippen molar-refractivity contribution in [1.82, 2.24) is 5.32 Å². The third-order valence-corrected chi connectivity index (χ3v) is 2.11. The summed E-state index contributed by atoms with van der Waals surface area (Å²) in [6, 6.07) is 6.60. The number of rotatable bonds is 5. The van der Waals surface area contributed by atoms with Gasteiger partial charge in [-0.25, -0.2) is 0 Å². The van der Waals surface area contributed by atoms with Gasteiger partial charge in [-0.15, -0.1) is 0 Å². The summed E-state index contributed by atoms with van der Waals surface area (Å²) in [7, 11) is 0. The van der Waals surface area contributed by atoms with Crippen molar-refractivity contribution >= 4 is 17.5 Å². The maximum absolute atomic E-state index is 11.1. The predicted octanol–water partition coefficient (Wildman–Crippen LogP) is 1.18. The van der Waals surface area contributed by atoms with Crippen molar-refractivity contribution in [1.29, 1.82) is 0 Å². The number of carbonyl (C=O) groups is 1. The molecule has 16 heavy (non-hydrogen) atoms. The molecule has 0 saturated heterocycles. The third-order valence-electron chi connectivity index (χ3n) is 1.88. The zero-order valence-corrected chi connectivity index (χ0v) is 9.83. The molecule has 0 aliphatic carbocycles. The molecule has 0 spiro atoms. The maximum atomic E-state index is 11.1. The zero-order chi connectivity index (χ0) is 12.0. The molecule has 88 valence electrons. The standard InChI is InChI=1S/C11H15ClN2O2/c1-8(13)11(15)14-5-6-16-10-4-2-3-9(12)7-10/h2-4,7-8H,5-6,13H2,1H3,(H,14,15). The van der Waals surface area contributed by atoms with Crippen molar-refractivity contribution in [3.63, 3.8) is 0 Å². The van der Waals surface area contributed by atoms with Crippen LogP contribution in [0.5, 0.6) is 5.75 Å². The van der Waals surface area contributed by atoms with Crippen LogP contribution in [-0.2, 0) is 4.79 Å². The van der Waals surface area contributed by atoms with E-state index in [4.69, 9.17) is 22.1 Å². The lowest BCUT2D eigenvalue weighted by molar-refractivity contribution is -0.122. The Labute approximate surface area is 99.7 Å². The molecule has 0 aromatic heterocycles. The van der Waals surface area contributed by atoms with Gasteiger partial charge in [0, 0.05) is 5.02 Å². The molecule has 5 heteroatoms. The van der Waals surface area contributed by atoms with Gasteiger partial charge in [-0.2, -0.15) is 0 Å². The largest absolute Gasteiger partial charge is 0.492 e. The average Bonchev–Trinajstić information content (AvgIpc) is 2.24. The fourth-order valence-corrected chi connectivity index (χ4v) is 1.24. The van der Waals surface area contributed by atoms with Crippen LogP contribution >= 0.6 is 11.6 Å². The summed E-state index contributed by atoms with van der Waals surface area (Å²) < 4.78 is 5.38. The molecule has 1 amide bonds. The van der Waals surface area contributed by atoms with E-state index in [1.165, 1.54) is 0 Å². The molecule has 0 heterocycles. The van der Waals surface area contributed by atoms with Gasteiger partial charge in [-0.1, -0.05) is 17.7 Å². The number of nitrogens with two attached hydrogens (primary N) is 1. The minimum absolute atomic E-state index is 0.185.